The number of ether oxygens (including phenoxy) is 2. The molecule has 118 valence electrons. The van der Waals surface area contributed by atoms with Gasteiger partial charge < -0.3 is 9.47 Å². The number of carbonyl (C=O) groups is 3. The molecular weight excluding hydrogens is 284 g/mol. The molecule has 5 nitrogen and oxygen atoms in total. The summed E-state index contributed by atoms with van der Waals surface area (Å²) in [4.78, 5) is 36.1. The van der Waals surface area contributed by atoms with E-state index >= 15 is 0 Å². The first-order valence-corrected chi connectivity index (χ1v) is 7.57. The van der Waals surface area contributed by atoms with Gasteiger partial charge in [-0.3, -0.25) is 9.59 Å². The maximum Gasteiger partial charge on any atom is 0.334 e. The monoisotopic (exact) mass is 304 g/mol. The molecule has 3 aliphatic rings. The van der Waals surface area contributed by atoms with E-state index in [2.05, 4.69) is 6.58 Å². The van der Waals surface area contributed by atoms with Crippen molar-refractivity contribution in [2.24, 2.45) is 17.3 Å². The minimum atomic E-state index is -0.901. The summed E-state index contributed by atoms with van der Waals surface area (Å²) in [5, 5.41) is 0. The van der Waals surface area contributed by atoms with Crippen LogP contribution in [0.3, 0.4) is 0 Å². The van der Waals surface area contributed by atoms with Crippen molar-refractivity contribution >= 4 is 17.7 Å². The molecule has 22 heavy (non-hydrogen) atoms. The van der Waals surface area contributed by atoms with Crippen LogP contribution >= 0.6 is 0 Å². The second kappa shape index (κ2) is 4.80. The smallest absolute Gasteiger partial charge is 0.334 e. The fraction of sp³-hybridized carbons (Fsp3) is 0.588. The molecule has 0 aromatic rings. The maximum absolute atomic E-state index is 12.6. The number of Topliss-reactive ketones (excluding diaryl/α,β-unsaturated/α-hetero) is 1. The van der Waals surface area contributed by atoms with E-state index in [1.807, 2.05) is 19.9 Å². The van der Waals surface area contributed by atoms with Gasteiger partial charge in [0.1, 0.15) is 18.0 Å². The maximum atomic E-state index is 12.6. The molecule has 5 heteroatoms. The van der Waals surface area contributed by atoms with Crippen LogP contribution in [0.25, 0.3) is 0 Å². The Balaban J connectivity index is 2.14. The number of ketones is 1. The minimum absolute atomic E-state index is 0.0217. The number of hydrogen-bond acceptors (Lipinski definition) is 5. The standard InChI is InChI=1S/C17H20O5/c1-8-7-12-14(9(2)16(20)22-12)15(21-10(3)18)17(4)11(8)5-6-13(17)19/h5,8,12,14-15H,2,6-7H2,1,3-4H3/t8-,12+,14+,15-,17+/m1/s1. The molecule has 0 aromatic heterocycles. The zero-order valence-corrected chi connectivity index (χ0v) is 13.0. The molecule has 1 saturated heterocycles. The van der Waals surface area contributed by atoms with Crippen molar-refractivity contribution in [2.75, 3.05) is 0 Å². The molecule has 0 aromatic carbocycles. The van der Waals surface area contributed by atoms with Gasteiger partial charge in [-0.1, -0.05) is 25.2 Å². The van der Waals surface area contributed by atoms with Crippen molar-refractivity contribution in [3.05, 3.63) is 23.8 Å². The van der Waals surface area contributed by atoms with Crippen LogP contribution in [0, 0.1) is 17.3 Å². The molecule has 0 amide bonds. The fourth-order valence-corrected chi connectivity index (χ4v) is 4.25. The molecule has 1 heterocycles. The van der Waals surface area contributed by atoms with Crippen molar-refractivity contribution in [1.29, 1.82) is 0 Å². The van der Waals surface area contributed by atoms with Gasteiger partial charge in [-0.15, -0.1) is 0 Å². The van der Waals surface area contributed by atoms with E-state index in [1.54, 1.807) is 0 Å². The summed E-state index contributed by atoms with van der Waals surface area (Å²) in [6, 6.07) is 0. The Bertz CT molecular complexity index is 617. The van der Waals surface area contributed by atoms with Gasteiger partial charge in [0.15, 0.2) is 0 Å². The molecule has 0 radical (unpaired) electrons. The van der Waals surface area contributed by atoms with Crippen LogP contribution in [0.2, 0.25) is 0 Å². The predicted molar refractivity (Wildman–Crippen MR) is 77.7 cm³/mol. The Labute approximate surface area is 129 Å². The first-order chi connectivity index (χ1) is 10.3. The Morgan fingerprint density at radius 1 is 1.45 bits per heavy atom. The molecule has 2 fully saturated rings. The van der Waals surface area contributed by atoms with Gasteiger partial charge in [0.25, 0.3) is 0 Å². The number of fused-ring (bicyclic) bond motifs is 2. The lowest BCUT2D eigenvalue weighted by Crippen LogP contribution is -2.47. The Kier molecular flexibility index (Phi) is 3.27. The quantitative estimate of drug-likeness (QED) is 0.421. The van der Waals surface area contributed by atoms with Crippen LogP contribution in [0.1, 0.15) is 33.6 Å². The average Bonchev–Trinajstić information content (AvgIpc) is 2.84. The Morgan fingerprint density at radius 3 is 2.77 bits per heavy atom. The molecular formula is C17H20O5. The normalized spacial score (nSPS) is 40.5. The van der Waals surface area contributed by atoms with E-state index in [1.165, 1.54) is 6.92 Å². The zero-order valence-electron chi connectivity index (χ0n) is 13.0. The van der Waals surface area contributed by atoms with Crippen molar-refractivity contribution < 1.29 is 23.9 Å². The Morgan fingerprint density at radius 2 is 2.14 bits per heavy atom. The molecule has 0 spiro atoms. The highest BCUT2D eigenvalue weighted by molar-refractivity contribution is 5.95. The number of allylic oxidation sites excluding steroid dienone is 1. The van der Waals surface area contributed by atoms with E-state index < -0.39 is 35.5 Å². The highest BCUT2D eigenvalue weighted by atomic mass is 16.6. The van der Waals surface area contributed by atoms with Gasteiger partial charge in [0.2, 0.25) is 0 Å². The number of esters is 2. The van der Waals surface area contributed by atoms with Crippen LogP contribution < -0.4 is 0 Å². The molecule has 0 bridgehead atoms. The predicted octanol–water partition coefficient (Wildman–Crippen LogP) is 1.96. The van der Waals surface area contributed by atoms with E-state index in [-0.39, 0.29) is 11.7 Å². The molecule has 5 atom stereocenters. The summed E-state index contributed by atoms with van der Waals surface area (Å²) in [5.74, 6) is -1.28. The average molecular weight is 304 g/mol. The van der Waals surface area contributed by atoms with Gasteiger partial charge in [-0.25, -0.2) is 4.79 Å². The number of hydrogen-bond donors (Lipinski definition) is 0. The van der Waals surface area contributed by atoms with Crippen LogP contribution in [-0.4, -0.2) is 29.9 Å². The summed E-state index contributed by atoms with van der Waals surface area (Å²) in [7, 11) is 0. The van der Waals surface area contributed by atoms with Gasteiger partial charge >= 0.3 is 11.9 Å². The van der Waals surface area contributed by atoms with E-state index in [0.717, 1.165) is 5.57 Å². The highest BCUT2D eigenvalue weighted by Gasteiger charge is 2.60. The van der Waals surface area contributed by atoms with Crippen molar-refractivity contribution in [2.45, 2.75) is 45.8 Å². The zero-order chi connectivity index (χ0) is 16.2. The van der Waals surface area contributed by atoms with Crippen LogP contribution in [0.15, 0.2) is 23.8 Å². The van der Waals surface area contributed by atoms with Gasteiger partial charge in [0, 0.05) is 18.9 Å². The van der Waals surface area contributed by atoms with Crippen molar-refractivity contribution in [3.63, 3.8) is 0 Å². The second-order valence-electron chi connectivity index (χ2n) is 6.65. The third-order valence-corrected chi connectivity index (χ3v) is 5.31. The Hall–Kier alpha value is -1.91. The van der Waals surface area contributed by atoms with E-state index in [0.29, 0.717) is 18.4 Å². The van der Waals surface area contributed by atoms with Gasteiger partial charge in [-0.2, -0.15) is 0 Å². The summed E-state index contributed by atoms with van der Waals surface area (Å²) in [6.07, 6.45) is 1.76. The molecule has 1 aliphatic heterocycles. The molecule has 3 rings (SSSR count). The number of rotatable bonds is 1. The summed E-state index contributed by atoms with van der Waals surface area (Å²) in [6.45, 7) is 8.97. The van der Waals surface area contributed by atoms with Crippen LogP contribution in [0.4, 0.5) is 0 Å². The second-order valence-corrected chi connectivity index (χ2v) is 6.65. The van der Waals surface area contributed by atoms with Crippen molar-refractivity contribution in [1.82, 2.24) is 0 Å². The lowest BCUT2D eigenvalue weighted by atomic mass is 9.70. The SMILES string of the molecule is C=C1C(=O)O[C@H]2C[C@@H](C)C3=CCC(=O)[C@@]3(C)[C@H](OC(C)=O)[C@@H]12. The number of carbonyl (C=O) groups excluding carboxylic acids is 3. The summed E-state index contributed by atoms with van der Waals surface area (Å²) in [5.41, 5.74) is 0.383. The highest BCUT2D eigenvalue weighted by Crippen LogP contribution is 2.54. The van der Waals surface area contributed by atoms with Gasteiger partial charge in [0.05, 0.1) is 11.3 Å². The molecule has 2 aliphatic carbocycles. The lowest BCUT2D eigenvalue weighted by Gasteiger charge is -2.37. The lowest BCUT2D eigenvalue weighted by molar-refractivity contribution is -0.158. The van der Waals surface area contributed by atoms with Crippen LogP contribution in [0.5, 0.6) is 0 Å². The first kappa shape index (κ1) is 15.0. The summed E-state index contributed by atoms with van der Waals surface area (Å²) >= 11 is 0. The third-order valence-electron chi connectivity index (χ3n) is 5.31. The largest absolute Gasteiger partial charge is 0.460 e. The molecule has 1 saturated carbocycles. The van der Waals surface area contributed by atoms with E-state index in [9.17, 15) is 14.4 Å². The molecule has 0 unspecified atom stereocenters. The van der Waals surface area contributed by atoms with Gasteiger partial charge in [-0.05, 0) is 19.3 Å². The van der Waals surface area contributed by atoms with Crippen molar-refractivity contribution in [3.8, 4) is 0 Å². The minimum Gasteiger partial charge on any atom is -0.460 e. The third kappa shape index (κ3) is 1.87. The fourth-order valence-electron chi connectivity index (χ4n) is 4.25. The topological polar surface area (TPSA) is 69.7 Å². The first-order valence-electron chi connectivity index (χ1n) is 7.57. The van der Waals surface area contributed by atoms with Crippen LogP contribution in [-0.2, 0) is 23.9 Å². The summed E-state index contributed by atoms with van der Waals surface area (Å²) < 4.78 is 11.0. The van der Waals surface area contributed by atoms with E-state index in [4.69, 9.17) is 9.47 Å². The molecule has 0 N–H and O–H groups in total.